The fraction of sp³-hybridized carbons (Fsp3) is 0.500. The van der Waals surface area contributed by atoms with Crippen LogP contribution in [-0.2, 0) is 7.05 Å². The monoisotopic (exact) mass is 183 g/mol. The van der Waals surface area contributed by atoms with Crippen LogP contribution < -0.4 is 0 Å². The maximum Gasteiger partial charge on any atom is 0.191 e. The Morgan fingerprint density at radius 2 is 2.42 bits per heavy atom. The number of rotatable bonds is 3. The van der Waals surface area contributed by atoms with Gasteiger partial charge in [-0.2, -0.15) is 0 Å². The Labute approximate surface area is 76.9 Å². The second-order valence-corrected chi connectivity index (χ2v) is 3.80. The molecule has 0 unspecified atom stereocenters. The number of aryl methyl sites for hydroxylation is 1. The van der Waals surface area contributed by atoms with Crippen molar-refractivity contribution < 1.29 is 0 Å². The molecule has 0 radical (unpaired) electrons. The maximum atomic E-state index is 3.96. The van der Waals surface area contributed by atoms with Crippen LogP contribution >= 0.6 is 11.8 Å². The Kier molecular flexibility index (Phi) is 3.34. The molecule has 0 aliphatic carbocycles. The van der Waals surface area contributed by atoms with Crippen molar-refractivity contribution in [2.24, 2.45) is 7.05 Å². The number of hydrogen-bond donors (Lipinski definition) is 0. The van der Waals surface area contributed by atoms with Crippen molar-refractivity contribution in [2.75, 3.05) is 5.75 Å². The van der Waals surface area contributed by atoms with E-state index in [0.29, 0.717) is 0 Å². The summed E-state index contributed by atoms with van der Waals surface area (Å²) in [5.41, 5.74) is 1.34. The molecule has 0 atom stereocenters. The van der Waals surface area contributed by atoms with E-state index in [-0.39, 0.29) is 0 Å². The van der Waals surface area contributed by atoms with Crippen molar-refractivity contribution in [3.63, 3.8) is 0 Å². The predicted molar refractivity (Wildman–Crippen MR) is 51.2 cm³/mol. The number of nitrogens with zero attached hydrogens (tertiary/aromatic N) is 3. The normalized spacial score (nSPS) is 9.92. The quantitative estimate of drug-likeness (QED) is 0.529. The van der Waals surface area contributed by atoms with E-state index in [2.05, 4.69) is 30.1 Å². The van der Waals surface area contributed by atoms with Crippen LogP contribution in [0.15, 0.2) is 23.1 Å². The third-order valence-corrected chi connectivity index (χ3v) is 2.34. The highest BCUT2D eigenvalue weighted by Crippen LogP contribution is 2.13. The van der Waals surface area contributed by atoms with Gasteiger partial charge in [0.25, 0.3) is 0 Å². The van der Waals surface area contributed by atoms with E-state index in [9.17, 15) is 0 Å². The number of thioether (sulfide) groups is 1. The fourth-order valence-electron chi connectivity index (χ4n) is 0.686. The number of aromatic nitrogens is 3. The van der Waals surface area contributed by atoms with E-state index in [1.54, 1.807) is 18.1 Å². The van der Waals surface area contributed by atoms with Gasteiger partial charge in [-0.15, -0.1) is 10.2 Å². The van der Waals surface area contributed by atoms with E-state index >= 15 is 0 Å². The molecule has 0 aromatic carbocycles. The van der Waals surface area contributed by atoms with Crippen LogP contribution in [0, 0.1) is 0 Å². The third-order valence-electron chi connectivity index (χ3n) is 1.37. The molecule has 12 heavy (non-hydrogen) atoms. The molecule has 3 nitrogen and oxygen atoms in total. The second-order valence-electron chi connectivity index (χ2n) is 2.82. The molecule has 0 fully saturated rings. The molecule has 4 heteroatoms. The largest absolute Gasteiger partial charge is 0.312 e. The van der Waals surface area contributed by atoms with Gasteiger partial charge in [-0.1, -0.05) is 23.4 Å². The zero-order valence-corrected chi connectivity index (χ0v) is 8.43. The Bertz CT molecular complexity index is 274. The lowest BCUT2D eigenvalue weighted by atomic mass is 10.3. The predicted octanol–water partition coefficient (Wildman–Crippen LogP) is 1.87. The molecule has 0 saturated carbocycles. The van der Waals surface area contributed by atoms with Crippen molar-refractivity contribution in [1.82, 2.24) is 14.8 Å². The van der Waals surface area contributed by atoms with Crippen LogP contribution in [0.4, 0.5) is 0 Å². The molecule has 0 aliphatic rings. The lowest BCUT2D eigenvalue weighted by Gasteiger charge is -1.96. The standard InChI is InChI=1S/C8H13N3S/c1-7(2)4-5-12-8-10-9-6-11(8)3/h4,6H,5H2,1-3H3. The molecule has 0 aliphatic heterocycles. The van der Waals surface area contributed by atoms with Crippen LogP contribution in [0.5, 0.6) is 0 Å². The summed E-state index contributed by atoms with van der Waals surface area (Å²) in [7, 11) is 1.95. The summed E-state index contributed by atoms with van der Waals surface area (Å²) < 4.78 is 1.92. The first-order valence-corrected chi connectivity index (χ1v) is 4.79. The highest BCUT2D eigenvalue weighted by molar-refractivity contribution is 7.99. The summed E-state index contributed by atoms with van der Waals surface area (Å²) in [5, 5.41) is 8.72. The van der Waals surface area contributed by atoms with Gasteiger partial charge in [0.05, 0.1) is 0 Å². The van der Waals surface area contributed by atoms with Gasteiger partial charge in [0.2, 0.25) is 0 Å². The Morgan fingerprint density at radius 3 is 2.92 bits per heavy atom. The topological polar surface area (TPSA) is 30.7 Å². The highest BCUT2D eigenvalue weighted by atomic mass is 32.2. The van der Waals surface area contributed by atoms with Crippen molar-refractivity contribution in [2.45, 2.75) is 19.0 Å². The first-order chi connectivity index (χ1) is 5.70. The van der Waals surface area contributed by atoms with Gasteiger partial charge >= 0.3 is 0 Å². The number of allylic oxidation sites excluding steroid dienone is 1. The van der Waals surface area contributed by atoms with Gasteiger partial charge < -0.3 is 4.57 Å². The first-order valence-electron chi connectivity index (χ1n) is 3.80. The van der Waals surface area contributed by atoms with Crippen molar-refractivity contribution in [3.8, 4) is 0 Å². The van der Waals surface area contributed by atoms with Crippen LogP contribution in [-0.4, -0.2) is 20.5 Å². The van der Waals surface area contributed by atoms with Crippen molar-refractivity contribution >= 4 is 11.8 Å². The summed E-state index contributed by atoms with van der Waals surface area (Å²) in [5.74, 6) is 0.967. The van der Waals surface area contributed by atoms with Crippen molar-refractivity contribution in [3.05, 3.63) is 18.0 Å². The molecule has 1 aromatic heterocycles. The zero-order valence-electron chi connectivity index (χ0n) is 7.61. The smallest absolute Gasteiger partial charge is 0.191 e. The maximum absolute atomic E-state index is 3.96. The SMILES string of the molecule is CC(C)=CCSc1nncn1C. The van der Waals surface area contributed by atoms with E-state index in [1.807, 2.05) is 11.6 Å². The summed E-state index contributed by atoms with van der Waals surface area (Å²) in [6.45, 7) is 4.19. The summed E-state index contributed by atoms with van der Waals surface area (Å²) in [4.78, 5) is 0. The first kappa shape index (κ1) is 9.32. The summed E-state index contributed by atoms with van der Waals surface area (Å²) in [6, 6.07) is 0. The minimum absolute atomic E-state index is 0.965. The molecule has 0 spiro atoms. The van der Waals surface area contributed by atoms with Gasteiger partial charge in [-0.25, -0.2) is 0 Å². The van der Waals surface area contributed by atoms with Gasteiger partial charge in [0.1, 0.15) is 6.33 Å². The molecule has 0 amide bonds. The molecule has 1 heterocycles. The number of hydrogen-bond acceptors (Lipinski definition) is 3. The van der Waals surface area contributed by atoms with Gasteiger partial charge in [-0.05, 0) is 13.8 Å². The minimum atomic E-state index is 0.965. The lowest BCUT2D eigenvalue weighted by molar-refractivity contribution is 0.789. The lowest BCUT2D eigenvalue weighted by Crippen LogP contribution is -1.88. The van der Waals surface area contributed by atoms with Gasteiger partial charge in [0, 0.05) is 12.8 Å². The Balaban J connectivity index is 2.44. The van der Waals surface area contributed by atoms with Crippen molar-refractivity contribution in [1.29, 1.82) is 0 Å². The summed E-state index contributed by atoms with van der Waals surface area (Å²) in [6.07, 6.45) is 3.89. The molecular weight excluding hydrogens is 170 g/mol. The van der Waals surface area contributed by atoms with Crippen LogP contribution in [0.25, 0.3) is 0 Å². The zero-order chi connectivity index (χ0) is 8.97. The van der Waals surface area contributed by atoms with Crippen LogP contribution in [0.2, 0.25) is 0 Å². The summed E-state index contributed by atoms with van der Waals surface area (Å²) >= 11 is 1.69. The molecule has 1 rings (SSSR count). The highest BCUT2D eigenvalue weighted by Gasteiger charge is 1.97. The molecule has 66 valence electrons. The fourth-order valence-corrected chi connectivity index (χ4v) is 1.61. The molecule has 0 bridgehead atoms. The van der Waals surface area contributed by atoms with Gasteiger partial charge in [-0.3, -0.25) is 0 Å². The van der Waals surface area contributed by atoms with Gasteiger partial charge in [0.15, 0.2) is 5.16 Å². The molecule has 0 N–H and O–H groups in total. The third kappa shape index (κ3) is 2.70. The van der Waals surface area contributed by atoms with E-state index in [1.165, 1.54) is 5.57 Å². The van der Waals surface area contributed by atoms with Crippen LogP contribution in [0.3, 0.4) is 0 Å². The Hall–Kier alpha value is -0.770. The van der Waals surface area contributed by atoms with E-state index < -0.39 is 0 Å². The Morgan fingerprint density at radius 1 is 1.67 bits per heavy atom. The average molecular weight is 183 g/mol. The average Bonchev–Trinajstić information content (AvgIpc) is 2.36. The molecule has 1 aromatic rings. The van der Waals surface area contributed by atoms with E-state index in [0.717, 1.165) is 10.9 Å². The van der Waals surface area contributed by atoms with E-state index in [4.69, 9.17) is 0 Å². The molecular formula is C8H13N3S. The van der Waals surface area contributed by atoms with Crippen LogP contribution in [0.1, 0.15) is 13.8 Å². The second kappa shape index (κ2) is 4.30. The molecule has 0 saturated heterocycles. The minimum Gasteiger partial charge on any atom is -0.312 e.